The zero-order valence-electron chi connectivity index (χ0n) is 11.6. The average Bonchev–Trinajstić information content (AvgIpc) is 2.45. The van der Waals surface area contributed by atoms with Crippen LogP contribution in [0.5, 0.6) is 11.5 Å². The Labute approximate surface area is 118 Å². The summed E-state index contributed by atoms with van der Waals surface area (Å²) in [6, 6.07) is 12.0. The number of halogens is 1. The van der Waals surface area contributed by atoms with Crippen molar-refractivity contribution in [1.82, 2.24) is 0 Å². The number of para-hydroxylation sites is 1. The number of hydrogen-bond acceptors (Lipinski definition) is 3. The van der Waals surface area contributed by atoms with Gasteiger partial charge in [-0.1, -0.05) is 24.3 Å². The van der Waals surface area contributed by atoms with Crippen molar-refractivity contribution in [2.24, 2.45) is 5.73 Å². The molecule has 20 heavy (non-hydrogen) atoms. The van der Waals surface area contributed by atoms with E-state index in [4.69, 9.17) is 15.2 Å². The molecule has 1 unspecified atom stereocenters. The zero-order chi connectivity index (χ0) is 14.5. The number of nitrogens with two attached hydrogens (primary N) is 1. The molecule has 0 amide bonds. The molecule has 0 fully saturated rings. The van der Waals surface area contributed by atoms with Gasteiger partial charge in [-0.3, -0.25) is 0 Å². The topological polar surface area (TPSA) is 44.5 Å². The maximum absolute atomic E-state index is 13.9. The van der Waals surface area contributed by atoms with Crippen LogP contribution in [0.25, 0.3) is 0 Å². The number of ether oxygens (including phenoxy) is 2. The van der Waals surface area contributed by atoms with E-state index in [1.54, 1.807) is 26.2 Å². The quantitative estimate of drug-likeness (QED) is 0.909. The Bertz CT molecular complexity index is 584. The molecule has 0 saturated heterocycles. The Morgan fingerprint density at radius 3 is 2.65 bits per heavy atom. The van der Waals surface area contributed by atoms with Gasteiger partial charge < -0.3 is 15.2 Å². The van der Waals surface area contributed by atoms with Gasteiger partial charge in [0.05, 0.1) is 7.11 Å². The lowest BCUT2D eigenvalue weighted by atomic mass is 10.1. The molecule has 2 aromatic rings. The first kappa shape index (κ1) is 14.3. The van der Waals surface area contributed by atoms with E-state index in [-0.39, 0.29) is 18.4 Å². The largest absolute Gasteiger partial charge is 0.497 e. The van der Waals surface area contributed by atoms with Crippen molar-refractivity contribution in [1.29, 1.82) is 0 Å². The molecule has 0 aromatic heterocycles. The molecule has 2 rings (SSSR count). The van der Waals surface area contributed by atoms with Crippen molar-refractivity contribution >= 4 is 0 Å². The monoisotopic (exact) mass is 275 g/mol. The molecule has 2 N–H and O–H groups in total. The molecule has 0 aliphatic carbocycles. The van der Waals surface area contributed by atoms with Crippen LogP contribution >= 0.6 is 0 Å². The minimum Gasteiger partial charge on any atom is -0.497 e. The van der Waals surface area contributed by atoms with Gasteiger partial charge in [0.2, 0.25) is 0 Å². The standard InChI is InChI=1S/C16H18FNO2/c1-11(18)14-7-4-8-15(17)16(14)20-10-12-5-3-6-13(9-12)19-2/h3-9,11H,10,18H2,1-2H3. The summed E-state index contributed by atoms with van der Waals surface area (Å²) in [5.41, 5.74) is 7.40. The predicted molar refractivity (Wildman–Crippen MR) is 76.3 cm³/mol. The van der Waals surface area contributed by atoms with Gasteiger partial charge in [0.1, 0.15) is 12.4 Å². The second-order valence-corrected chi connectivity index (χ2v) is 4.59. The van der Waals surface area contributed by atoms with Crippen molar-refractivity contribution in [3.8, 4) is 11.5 Å². The zero-order valence-corrected chi connectivity index (χ0v) is 11.6. The Balaban J connectivity index is 2.18. The van der Waals surface area contributed by atoms with E-state index in [9.17, 15) is 4.39 Å². The smallest absolute Gasteiger partial charge is 0.165 e. The number of rotatable bonds is 5. The van der Waals surface area contributed by atoms with Gasteiger partial charge in [-0.05, 0) is 30.7 Å². The van der Waals surface area contributed by atoms with Crippen LogP contribution in [0, 0.1) is 5.82 Å². The summed E-state index contributed by atoms with van der Waals surface area (Å²) in [7, 11) is 1.60. The highest BCUT2D eigenvalue weighted by atomic mass is 19.1. The van der Waals surface area contributed by atoms with Crippen LogP contribution in [0.2, 0.25) is 0 Å². The fraction of sp³-hybridized carbons (Fsp3) is 0.250. The van der Waals surface area contributed by atoms with Crippen LogP contribution in [-0.4, -0.2) is 7.11 Å². The summed E-state index contributed by atoms with van der Waals surface area (Å²) < 4.78 is 24.6. The van der Waals surface area contributed by atoms with E-state index < -0.39 is 5.82 Å². The first-order valence-corrected chi connectivity index (χ1v) is 6.41. The van der Waals surface area contributed by atoms with Crippen molar-refractivity contribution in [3.05, 3.63) is 59.4 Å². The van der Waals surface area contributed by atoms with Crippen LogP contribution in [0.15, 0.2) is 42.5 Å². The lowest BCUT2D eigenvalue weighted by Gasteiger charge is -2.15. The van der Waals surface area contributed by atoms with Gasteiger partial charge in [-0.15, -0.1) is 0 Å². The summed E-state index contributed by atoms with van der Waals surface area (Å²) in [5.74, 6) is 0.556. The maximum Gasteiger partial charge on any atom is 0.165 e. The Morgan fingerprint density at radius 2 is 1.95 bits per heavy atom. The first-order valence-electron chi connectivity index (χ1n) is 6.41. The van der Waals surface area contributed by atoms with Gasteiger partial charge in [-0.2, -0.15) is 0 Å². The molecule has 0 aliphatic rings. The van der Waals surface area contributed by atoms with Crippen LogP contribution in [0.3, 0.4) is 0 Å². The Kier molecular flexibility index (Phi) is 4.58. The van der Waals surface area contributed by atoms with Gasteiger partial charge >= 0.3 is 0 Å². The first-order chi connectivity index (χ1) is 9.61. The number of hydrogen-bond donors (Lipinski definition) is 1. The minimum atomic E-state index is -0.400. The van der Waals surface area contributed by atoms with Crippen LogP contribution in [-0.2, 0) is 6.61 Å². The summed E-state index contributed by atoms with van der Waals surface area (Å²) in [6.07, 6.45) is 0. The van der Waals surface area contributed by atoms with Crippen LogP contribution in [0.4, 0.5) is 4.39 Å². The lowest BCUT2D eigenvalue weighted by molar-refractivity contribution is 0.284. The van der Waals surface area contributed by atoms with E-state index >= 15 is 0 Å². The van der Waals surface area contributed by atoms with Gasteiger partial charge in [-0.25, -0.2) is 4.39 Å². The lowest BCUT2D eigenvalue weighted by Crippen LogP contribution is -2.09. The Morgan fingerprint density at radius 1 is 1.20 bits per heavy atom. The molecule has 1 atom stereocenters. The van der Waals surface area contributed by atoms with Crippen molar-refractivity contribution < 1.29 is 13.9 Å². The fourth-order valence-corrected chi connectivity index (χ4v) is 1.95. The molecule has 0 aliphatic heterocycles. The molecule has 0 bridgehead atoms. The Hall–Kier alpha value is -2.07. The van der Waals surface area contributed by atoms with Gasteiger partial charge in [0.25, 0.3) is 0 Å². The van der Waals surface area contributed by atoms with Crippen molar-refractivity contribution in [3.63, 3.8) is 0 Å². The molecule has 0 saturated carbocycles. The summed E-state index contributed by atoms with van der Waals surface area (Å²) >= 11 is 0. The number of methoxy groups -OCH3 is 1. The second kappa shape index (κ2) is 6.39. The van der Waals surface area contributed by atoms with Gasteiger partial charge in [0, 0.05) is 11.6 Å². The predicted octanol–water partition coefficient (Wildman–Crippen LogP) is 3.43. The van der Waals surface area contributed by atoms with Crippen LogP contribution < -0.4 is 15.2 Å². The molecule has 0 heterocycles. The van der Waals surface area contributed by atoms with E-state index in [0.717, 1.165) is 11.3 Å². The average molecular weight is 275 g/mol. The van der Waals surface area contributed by atoms with E-state index in [2.05, 4.69) is 0 Å². The summed E-state index contributed by atoms with van der Waals surface area (Å²) in [4.78, 5) is 0. The highest BCUT2D eigenvalue weighted by Crippen LogP contribution is 2.28. The van der Waals surface area contributed by atoms with E-state index in [1.807, 2.05) is 24.3 Å². The maximum atomic E-state index is 13.9. The molecular formula is C16H18FNO2. The minimum absolute atomic E-state index is 0.213. The van der Waals surface area contributed by atoms with Crippen molar-refractivity contribution in [2.45, 2.75) is 19.6 Å². The molecular weight excluding hydrogens is 257 g/mol. The summed E-state index contributed by atoms with van der Waals surface area (Å²) in [5, 5.41) is 0. The molecule has 0 radical (unpaired) electrons. The van der Waals surface area contributed by atoms with E-state index in [1.165, 1.54) is 6.07 Å². The second-order valence-electron chi connectivity index (χ2n) is 4.59. The van der Waals surface area contributed by atoms with Gasteiger partial charge in [0.15, 0.2) is 11.6 Å². The molecule has 3 nitrogen and oxygen atoms in total. The van der Waals surface area contributed by atoms with E-state index in [0.29, 0.717) is 5.56 Å². The fourth-order valence-electron chi connectivity index (χ4n) is 1.95. The molecule has 0 spiro atoms. The molecule has 4 heteroatoms. The highest BCUT2D eigenvalue weighted by Gasteiger charge is 2.13. The number of benzene rings is 2. The highest BCUT2D eigenvalue weighted by molar-refractivity contribution is 5.37. The normalized spacial score (nSPS) is 12.0. The third-order valence-electron chi connectivity index (χ3n) is 3.01. The third-order valence-corrected chi connectivity index (χ3v) is 3.01. The summed E-state index contributed by atoms with van der Waals surface area (Å²) in [6.45, 7) is 2.06. The molecule has 2 aromatic carbocycles. The van der Waals surface area contributed by atoms with Crippen molar-refractivity contribution in [2.75, 3.05) is 7.11 Å². The third kappa shape index (κ3) is 3.27. The SMILES string of the molecule is COc1cccc(COc2c(F)cccc2C(C)N)c1. The molecule has 106 valence electrons. The van der Waals surface area contributed by atoms with Crippen LogP contribution in [0.1, 0.15) is 24.1 Å².